The van der Waals surface area contributed by atoms with E-state index in [9.17, 15) is 0 Å². The summed E-state index contributed by atoms with van der Waals surface area (Å²) in [6.07, 6.45) is 3.89. The molecule has 0 spiro atoms. The maximum atomic E-state index is 4.37. The van der Waals surface area contributed by atoms with E-state index in [4.69, 9.17) is 0 Å². The van der Waals surface area contributed by atoms with Crippen molar-refractivity contribution in [3.63, 3.8) is 0 Å². The molecule has 1 nitrogen and oxygen atoms in total. The highest BCUT2D eigenvalue weighted by atomic mass is 35.5. The average molecular weight is 270 g/mol. The Hall–Kier alpha value is -1.86. The lowest BCUT2D eigenvalue weighted by Crippen LogP contribution is -1.94. The number of hydrogen-bond donors (Lipinski definition) is 0. The van der Waals surface area contributed by atoms with Crippen molar-refractivity contribution in [2.24, 2.45) is 0 Å². The zero-order valence-electron chi connectivity index (χ0n) is 10.6. The van der Waals surface area contributed by atoms with Gasteiger partial charge >= 0.3 is 0 Å². The molecule has 3 rings (SSSR count). The Morgan fingerprint density at radius 3 is 2.37 bits per heavy atom. The summed E-state index contributed by atoms with van der Waals surface area (Å²) in [6, 6.07) is 21.2. The highest BCUT2D eigenvalue weighted by molar-refractivity contribution is 5.86. The van der Waals surface area contributed by atoms with Crippen molar-refractivity contribution in [2.45, 2.75) is 12.8 Å². The number of nitrogens with zero attached hydrogens (tertiary/aromatic N) is 1. The standard InChI is InChI=1S/C17H15N.ClH/c1-2-10-17-14(6-1)7-5-8-15(17)11-12-16-9-3-4-13-18-16;/h1-10,13H,11-12H2;1H. The molecule has 1 heterocycles. The first-order valence-electron chi connectivity index (χ1n) is 6.30. The number of halogens is 1. The summed E-state index contributed by atoms with van der Waals surface area (Å²) >= 11 is 0. The molecule has 0 atom stereocenters. The Morgan fingerprint density at radius 1 is 0.737 bits per heavy atom. The molecule has 0 saturated carbocycles. The molecule has 0 unspecified atom stereocenters. The number of rotatable bonds is 3. The van der Waals surface area contributed by atoms with E-state index in [-0.39, 0.29) is 12.4 Å². The molecule has 0 fully saturated rings. The van der Waals surface area contributed by atoms with Gasteiger partial charge in [0, 0.05) is 11.9 Å². The second-order valence-electron chi connectivity index (χ2n) is 4.46. The van der Waals surface area contributed by atoms with E-state index in [2.05, 4.69) is 53.5 Å². The molecular weight excluding hydrogens is 254 g/mol. The summed E-state index contributed by atoms with van der Waals surface area (Å²) in [7, 11) is 0. The van der Waals surface area contributed by atoms with Crippen LogP contribution >= 0.6 is 12.4 Å². The lowest BCUT2D eigenvalue weighted by molar-refractivity contribution is 0.920. The van der Waals surface area contributed by atoms with Gasteiger partial charge in [0.1, 0.15) is 0 Å². The lowest BCUT2D eigenvalue weighted by atomic mass is 10.00. The van der Waals surface area contributed by atoms with Gasteiger partial charge in [-0.25, -0.2) is 0 Å². The number of fused-ring (bicyclic) bond motifs is 1. The minimum Gasteiger partial charge on any atom is -0.261 e. The first-order valence-corrected chi connectivity index (χ1v) is 6.30. The quantitative estimate of drug-likeness (QED) is 0.685. The summed E-state index contributed by atoms with van der Waals surface area (Å²) < 4.78 is 0. The smallest absolute Gasteiger partial charge is 0.0406 e. The van der Waals surface area contributed by atoms with Crippen LogP contribution in [0.15, 0.2) is 66.9 Å². The molecule has 0 N–H and O–H groups in total. The fraction of sp³-hybridized carbons (Fsp3) is 0.118. The average Bonchev–Trinajstić information content (AvgIpc) is 2.46. The van der Waals surface area contributed by atoms with Crippen LogP contribution in [0.25, 0.3) is 10.8 Å². The zero-order valence-corrected chi connectivity index (χ0v) is 11.4. The van der Waals surface area contributed by atoms with E-state index in [0.29, 0.717) is 0 Å². The van der Waals surface area contributed by atoms with Gasteiger partial charge in [-0.05, 0) is 41.3 Å². The Kier molecular flexibility index (Phi) is 4.53. The molecule has 0 saturated heterocycles. The van der Waals surface area contributed by atoms with E-state index in [1.165, 1.54) is 16.3 Å². The minimum atomic E-state index is 0. The highest BCUT2D eigenvalue weighted by Crippen LogP contribution is 2.19. The van der Waals surface area contributed by atoms with Crippen LogP contribution in [0.5, 0.6) is 0 Å². The predicted molar refractivity (Wildman–Crippen MR) is 82.8 cm³/mol. The van der Waals surface area contributed by atoms with Gasteiger partial charge in [-0.15, -0.1) is 12.4 Å². The third kappa shape index (κ3) is 3.12. The molecule has 0 aliphatic carbocycles. The van der Waals surface area contributed by atoms with E-state index in [1.54, 1.807) is 0 Å². The van der Waals surface area contributed by atoms with Crippen LogP contribution in [-0.4, -0.2) is 4.98 Å². The van der Waals surface area contributed by atoms with E-state index < -0.39 is 0 Å². The molecule has 0 amide bonds. The van der Waals surface area contributed by atoms with Gasteiger partial charge in [-0.2, -0.15) is 0 Å². The topological polar surface area (TPSA) is 12.9 Å². The monoisotopic (exact) mass is 269 g/mol. The Morgan fingerprint density at radius 2 is 1.53 bits per heavy atom. The fourth-order valence-electron chi connectivity index (χ4n) is 2.32. The molecule has 2 aromatic carbocycles. The fourth-order valence-corrected chi connectivity index (χ4v) is 2.32. The van der Waals surface area contributed by atoms with Crippen LogP contribution in [0, 0.1) is 0 Å². The van der Waals surface area contributed by atoms with Crippen LogP contribution in [0.1, 0.15) is 11.3 Å². The summed E-state index contributed by atoms with van der Waals surface area (Å²) in [4.78, 5) is 4.37. The molecule has 1 aromatic heterocycles. The number of aryl methyl sites for hydroxylation is 2. The molecule has 0 aliphatic heterocycles. The Balaban J connectivity index is 0.00000133. The molecule has 96 valence electrons. The van der Waals surface area contributed by atoms with Gasteiger partial charge in [0.15, 0.2) is 0 Å². The first-order chi connectivity index (χ1) is 8.93. The normalized spacial score (nSPS) is 10.1. The van der Waals surface area contributed by atoms with Crippen molar-refractivity contribution in [1.82, 2.24) is 4.98 Å². The number of aromatic nitrogens is 1. The second-order valence-corrected chi connectivity index (χ2v) is 4.46. The van der Waals surface area contributed by atoms with Gasteiger partial charge in [-0.3, -0.25) is 4.98 Å². The van der Waals surface area contributed by atoms with Crippen LogP contribution in [-0.2, 0) is 12.8 Å². The number of benzene rings is 2. The van der Waals surface area contributed by atoms with Gasteiger partial charge in [0.25, 0.3) is 0 Å². The number of hydrogen-bond acceptors (Lipinski definition) is 1. The molecular formula is C17H16ClN. The van der Waals surface area contributed by atoms with Gasteiger partial charge in [-0.1, -0.05) is 48.5 Å². The van der Waals surface area contributed by atoms with E-state index in [0.717, 1.165) is 18.5 Å². The Labute approximate surface area is 119 Å². The van der Waals surface area contributed by atoms with Crippen LogP contribution in [0.2, 0.25) is 0 Å². The van der Waals surface area contributed by atoms with Crippen molar-refractivity contribution in [2.75, 3.05) is 0 Å². The number of pyridine rings is 1. The maximum absolute atomic E-state index is 4.37. The largest absolute Gasteiger partial charge is 0.261 e. The third-order valence-electron chi connectivity index (χ3n) is 3.26. The molecule has 3 aromatic rings. The summed E-state index contributed by atoms with van der Waals surface area (Å²) in [6.45, 7) is 0. The van der Waals surface area contributed by atoms with Crippen molar-refractivity contribution in [3.05, 3.63) is 78.1 Å². The molecule has 19 heavy (non-hydrogen) atoms. The van der Waals surface area contributed by atoms with Crippen molar-refractivity contribution < 1.29 is 0 Å². The lowest BCUT2D eigenvalue weighted by Gasteiger charge is -2.06. The molecule has 2 heteroatoms. The second kappa shape index (κ2) is 6.35. The first kappa shape index (κ1) is 13.6. The minimum absolute atomic E-state index is 0. The summed E-state index contributed by atoms with van der Waals surface area (Å²) in [5.41, 5.74) is 2.56. The van der Waals surface area contributed by atoms with Crippen molar-refractivity contribution >= 4 is 23.2 Å². The Bertz CT molecular complexity index is 644. The summed E-state index contributed by atoms with van der Waals surface area (Å²) in [5.74, 6) is 0. The van der Waals surface area contributed by atoms with Gasteiger partial charge in [0.05, 0.1) is 0 Å². The molecule has 0 radical (unpaired) electrons. The third-order valence-corrected chi connectivity index (χ3v) is 3.26. The predicted octanol–water partition coefficient (Wildman–Crippen LogP) is 4.44. The van der Waals surface area contributed by atoms with Crippen LogP contribution in [0.3, 0.4) is 0 Å². The summed E-state index contributed by atoms with van der Waals surface area (Å²) in [5, 5.41) is 2.67. The van der Waals surface area contributed by atoms with Gasteiger partial charge in [0.2, 0.25) is 0 Å². The SMILES string of the molecule is Cl.c1ccc(CCc2cccc3ccccc23)nc1. The zero-order chi connectivity index (χ0) is 12.2. The van der Waals surface area contributed by atoms with Crippen molar-refractivity contribution in [1.29, 1.82) is 0 Å². The van der Waals surface area contributed by atoms with Crippen LogP contribution < -0.4 is 0 Å². The van der Waals surface area contributed by atoms with Crippen LogP contribution in [0.4, 0.5) is 0 Å². The molecule has 0 bridgehead atoms. The highest BCUT2D eigenvalue weighted by Gasteiger charge is 2.01. The van der Waals surface area contributed by atoms with E-state index in [1.807, 2.05) is 18.3 Å². The van der Waals surface area contributed by atoms with E-state index >= 15 is 0 Å². The maximum Gasteiger partial charge on any atom is 0.0406 e. The van der Waals surface area contributed by atoms with Crippen molar-refractivity contribution in [3.8, 4) is 0 Å². The molecule has 0 aliphatic rings. The van der Waals surface area contributed by atoms with Gasteiger partial charge < -0.3 is 0 Å².